The fourth-order valence-electron chi connectivity index (χ4n) is 1.02. The summed E-state index contributed by atoms with van der Waals surface area (Å²) < 4.78 is 5.34. The molecule has 1 rings (SSSR count). The molecule has 3 heteroatoms. The molecule has 0 aromatic rings. The quantitative estimate of drug-likeness (QED) is 0.525. The molecular formula is C6H14N2O. The molecule has 54 valence electrons. The Labute approximate surface area is 55.7 Å². The van der Waals surface area contributed by atoms with Crippen molar-refractivity contribution in [2.24, 2.45) is 0 Å². The molecule has 1 heterocycles. The molecule has 1 fully saturated rings. The number of hydrogen-bond acceptors (Lipinski definition) is 3. The SMILES string of the molecule is CNNC1CCCCO1. The van der Waals surface area contributed by atoms with E-state index < -0.39 is 0 Å². The Balaban J connectivity index is 2.08. The molecule has 1 aliphatic heterocycles. The number of rotatable bonds is 2. The Hall–Kier alpha value is -0.120. The van der Waals surface area contributed by atoms with Crippen LogP contribution in [0.2, 0.25) is 0 Å². The van der Waals surface area contributed by atoms with Crippen LogP contribution >= 0.6 is 0 Å². The lowest BCUT2D eigenvalue weighted by molar-refractivity contribution is -0.0124. The number of nitrogens with one attached hydrogen (secondary N) is 2. The van der Waals surface area contributed by atoms with Gasteiger partial charge in [0.1, 0.15) is 6.23 Å². The van der Waals surface area contributed by atoms with Gasteiger partial charge in [0.2, 0.25) is 0 Å². The van der Waals surface area contributed by atoms with E-state index in [1.807, 2.05) is 7.05 Å². The minimum absolute atomic E-state index is 0.240. The second-order valence-corrected chi connectivity index (χ2v) is 2.25. The van der Waals surface area contributed by atoms with Crippen LogP contribution in [0, 0.1) is 0 Å². The van der Waals surface area contributed by atoms with Crippen molar-refractivity contribution in [2.45, 2.75) is 25.5 Å². The van der Waals surface area contributed by atoms with Crippen LogP contribution in [0.15, 0.2) is 0 Å². The topological polar surface area (TPSA) is 33.3 Å². The molecule has 0 spiro atoms. The van der Waals surface area contributed by atoms with Crippen molar-refractivity contribution in [1.29, 1.82) is 0 Å². The highest BCUT2D eigenvalue weighted by molar-refractivity contribution is 4.57. The Morgan fingerprint density at radius 2 is 2.33 bits per heavy atom. The van der Waals surface area contributed by atoms with Crippen molar-refractivity contribution in [2.75, 3.05) is 13.7 Å². The predicted molar refractivity (Wildman–Crippen MR) is 35.8 cm³/mol. The maximum absolute atomic E-state index is 5.34. The lowest BCUT2D eigenvalue weighted by Crippen LogP contribution is -2.41. The predicted octanol–water partition coefficient (Wildman–Crippen LogP) is 0.237. The molecule has 1 unspecified atom stereocenters. The molecule has 0 aliphatic carbocycles. The first kappa shape index (κ1) is 6.99. The highest BCUT2D eigenvalue weighted by Crippen LogP contribution is 2.08. The number of hydrazine groups is 1. The van der Waals surface area contributed by atoms with Gasteiger partial charge < -0.3 is 4.74 Å². The highest BCUT2D eigenvalue weighted by Gasteiger charge is 2.10. The Kier molecular flexibility index (Phi) is 2.97. The maximum atomic E-state index is 5.34. The lowest BCUT2D eigenvalue weighted by Gasteiger charge is -2.22. The summed E-state index contributed by atoms with van der Waals surface area (Å²) in [7, 11) is 1.86. The van der Waals surface area contributed by atoms with E-state index in [-0.39, 0.29) is 6.23 Å². The van der Waals surface area contributed by atoms with E-state index in [0.29, 0.717) is 0 Å². The summed E-state index contributed by atoms with van der Waals surface area (Å²) in [4.78, 5) is 0. The first-order valence-electron chi connectivity index (χ1n) is 3.47. The average molecular weight is 130 g/mol. The maximum Gasteiger partial charge on any atom is 0.120 e. The highest BCUT2D eigenvalue weighted by atomic mass is 16.5. The molecular weight excluding hydrogens is 116 g/mol. The number of hydrogen-bond donors (Lipinski definition) is 2. The first-order valence-corrected chi connectivity index (χ1v) is 3.47. The smallest absolute Gasteiger partial charge is 0.120 e. The first-order chi connectivity index (χ1) is 4.43. The normalized spacial score (nSPS) is 28.3. The molecule has 0 bridgehead atoms. The summed E-state index contributed by atoms with van der Waals surface area (Å²) in [5.74, 6) is 0. The zero-order valence-electron chi connectivity index (χ0n) is 5.81. The second kappa shape index (κ2) is 3.82. The van der Waals surface area contributed by atoms with Crippen LogP contribution in [-0.2, 0) is 4.74 Å². The van der Waals surface area contributed by atoms with Gasteiger partial charge in [-0.25, -0.2) is 5.43 Å². The number of ether oxygens (including phenoxy) is 1. The fourth-order valence-corrected chi connectivity index (χ4v) is 1.02. The van der Waals surface area contributed by atoms with E-state index in [0.717, 1.165) is 13.0 Å². The molecule has 0 radical (unpaired) electrons. The van der Waals surface area contributed by atoms with Crippen LogP contribution in [0.4, 0.5) is 0 Å². The average Bonchev–Trinajstić information content (AvgIpc) is 1.91. The van der Waals surface area contributed by atoms with Crippen LogP contribution in [-0.4, -0.2) is 19.9 Å². The fraction of sp³-hybridized carbons (Fsp3) is 1.00. The van der Waals surface area contributed by atoms with Gasteiger partial charge in [0, 0.05) is 6.61 Å². The van der Waals surface area contributed by atoms with Crippen LogP contribution in [0.25, 0.3) is 0 Å². The Morgan fingerprint density at radius 1 is 1.44 bits per heavy atom. The third-order valence-corrected chi connectivity index (χ3v) is 1.49. The van der Waals surface area contributed by atoms with Crippen molar-refractivity contribution in [1.82, 2.24) is 10.9 Å². The molecule has 3 nitrogen and oxygen atoms in total. The van der Waals surface area contributed by atoms with Crippen molar-refractivity contribution < 1.29 is 4.74 Å². The molecule has 1 aliphatic rings. The van der Waals surface area contributed by atoms with Gasteiger partial charge in [0.15, 0.2) is 0 Å². The summed E-state index contributed by atoms with van der Waals surface area (Å²) in [6, 6.07) is 0. The van der Waals surface area contributed by atoms with E-state index in [4.69, 9.17) is 4.74 Å². The van der Waals surface area contributed by atoms with Gasteiger partial charge in [-0.05, 0) is 26.3 Å². The van der Waals surface area contributed by atoms with E-state index >= 15 is 0 Å². The van der Waals surface area contributed by atoms with Crippen LogP contribution in [0.1, 0.15) is 19.3 Å². The van der Waals surface area contributed by atoms with Crippen molar-refractivity contribution >= 4 is 0 Å². The third kappa shape index (κ3) is 2.30. The zero-order chi connectivity index (χ0) is 6.53. The third-order valence-electron chi connectivity index (χ3n) is 1.49. The van der Waals surface area contributed by atoms with E-state index in [9.17, 15) is 0 Å². The summed E-state index contributed by atoms with van der Waals surface area (Å²) in [5, 5.41) is 0. The molecule has 0 aromatic heterocycles. The summed E-state index contributed by atoms with van der Waals surface area (Å²) >= 11 is 0. The van der Waals surface area contributed by atoms with E-state index in [2.05, 4.69) is 10.9 Å². The van der Waals surface area contributed by atoms with Crippen LogP contribution < -0.4 is 10.9 Å². The molecule has 0 amide bonds. The van der Waals surface area contributed by atoms with Gasteiger partial charge >= 0.3 is 0 Å². The second-order valence-electron chi connectivity index (χ2n) is 2.25. The van der Waals surface area contributed by atoms with E-state index in [1.54, 1.807) is 0 Å². The monoisotopic (exact) mass is 130 g/mol. The molecule has 0 saturated carbocycles. The van der Waals surface area contributed by atoms with Crippen molar-refractivity contribution in [3.8, 4) is 0 Å². The summed E-state index contributed by atoms with van der Waals surface area (Å²) in [6.45, 7) is 0.902. The van der Waals surface area contributed by atoms with Gasteiger partial charge in [0.05, 0.1) is 0 Å². The summed E-state index contributed by atoms with van der Waals surface area (Å²) in [5.41, 5.74) is 5.87. The van der Waals surface area contributed by atoms with Gasteiger partial charge in [-0.2, -0.15) is 0 Å². The van der Waals surface area contributed by atoms with Crippen LogP contribution in [0.5, 0.6) is 0 Å². The van der Waals surface area contributed by atoms with E-state index in [1.165, 1.54) is 12.8 Å². The minimum atomic E-state index is 0.240. The lowest BCUT2D eigenvalue weighted by atomic mass is 10.2. The largest absolute Gasteiger partial charge is 0.362 e. The standard InChI is InChI=1S/C6H14N2O/c1-7-8-6-4-2-3-5-9-6/h6-8H,2-5H2,1H3. The minimum Gasteiger partial charge on any atom is -0.362 e. The molecule has 9 heavy (non-hydrogen) atoms. The zero-order valence-corrected chi connectivity index (χ0v) is 5.81. The molecule has 0 aromatic carbocycles. The van der Waals surface area contributed by atoms with Crippen LogP contribution in [0.3, 0.4) is 0 Å². The van der Waals surface area contributed by atoms with Crippen molar-refractivity contribution in [3.05, 3.63) is 0 Å². The van der Waals surface area contributed by atoms with Gasteiger partial charge in [-0.3, -0.25) is 5.43 Å². The van der Waals surface area contributed by atoms with Crippen molar-refractivity contribution in [3.63, 3.8) is 0 Å². The van der Waals surface area contributed by atoms with Gasteiger partial charge in [0.25, 0.3) is 0 Å². The molecule has 2 N–H and O–H groups in total. The van der Waals surface area contributed by atoms with Gasteiger partial charge in [-0.1, -0.05) is 0 Å². The Morgan fingerprint density at radius 3 is 2.89 bits per heavy atom. The molecule has 1 saturated heterocycles. The summed E-state index contributed by atoms with van der Waals surface area (Å²) in [6.07, 6.45) is 3.85. The molecule has 1 atom stereocenters. The Bertz CT molecular complexity index is 68.7. The van der Waals surface area contributed by atoms with Gasteiger partial charge in [-0.15, -0.1) is 0 Å².